The molecule has 1 aromatic heterocycles. The summed E-state index contributed by atoms with van der Waals surface area (Å²) >= 11 is 6.21. The molecule has 2 bridgehead atoms. The quantitative estimate of drug-likeness (QED) is 0.251. The Balaban J connectivity index is 1.07. The predicted octanol–water partition coefficient (Wildman–Crippen LogP) is 5.74. The zero-order chi connectivity index (χ0) is 32.0. The summed E-state index contributed by atoms with van der Waals surface area (Å²) in [4.78, 5) is 17.6. The highest BCUT2D eigenvalue weighted by molar-refractivity contribution is 7.89. The van der Waals surface area contributed by atoms with Gasteiger partial charge in [0.1, 0.15) is 11.6 Å². The van der Waals surface area contributed by atoms with Gasteiger partial charge in [-0.2, -0.15) is 9.40 Å². The normalized spacial score (nSPS) is 20.7. The second-order valence-corrected chi connectivity index (χ2v) is 14.5. The lowest BCUT2D eigenvalue weighted by Crippen LogP contribution is -2.55. The van der Waals surface area contributed by atoms with E-state index in [9.17, 15) is 17.6 Å². The number of carbonyl (C=O) groups is 1. The van der Waals surface area contributed by atoms with E-state index in [1.807, 2.05) is 29.1 Å². The zero-order valence-electron chi connectivity index (χ0n) is 25.4. The number of hydrogen-bond donors (Lipinski definition) is 0. The fraction of sp³-hybridized carbons (Fsp3) is 0.353. The van der Waals surface area contributed by atoms with E-state index in [0.717, 1.165) is 37.4 Å². The van der Waals surface area contributed by atoms with Crippen LogP contribution < -0.4 is 9.64 Å². The Morgan fingerprint density at radius 2 is 1.72 bits per heavy atom. The maximum atomic E-state index is 14.0. The first-order chi connectivity index (χ1) is 22.2. The molecule has 46 heavy (non-hydrogen) atoms. The fourth-order valence-electron chi connectivity index (χ4n) is 7.25. The van der Waals surface area contributed by atoms with Gasteiger partial charge in [0.15, 0.2) is 0 Å². The standard InChI is InChI=1S/C34H35ClFN5O4S/c1-45-33-11-9-29(46(43,44)39-16-12-23(13-17-39)24-4-2-5-26(18-24)40-15-3-14-37-40)20-32(33)41-27-7-8-28(41)22-38(21-27)34(42)30-10-6-25(36)19-31(30)35/h2-6,9-11,14-15,18-20,23,27-28H,7-8,12-13,16-17,21-22H2,1H3. The van der Waals surface area contributed by atoms with Crippen molar-refractivity contribution < 1.29 is 22.3 Å². The molecule has 0 saturated carbocycles. The molecular formula is C34H35ClFN5O4S. The van der Waals surface area contributed by atoms with Crippen LogP contribution in [0.3, 0.4) is 0 Å². The summed E-state index contributed by atoms with van der Waals surface area (Å²) in [5, 5.41) is 4.42. The van der Waals surface area contributed by atoms with E-state index < -0.39 is 15.8 Å². The average molecular weight is 664 g/mol. The van der Waals surface area contributed by atoms with Crippen LogP contribution in [0, 0.1) is 5.82 Å². The first kappa shape index (κ1) is 30.7. The highest BCUT2D eigenvalue weighted by Crippen LogP contribution is 2.42. The molecule has 3 saturated heterocycles. The predicted molar refractivity (Wildman–Crippen MR) is 174 cm³/mol. The van der Waals surface area contributed by atoms with Crippen LogP contribution in [0.2, 0.25) is 5.02 Å². The van der Waals surface area contributed by atoms with E-state index in [1.165, 1.54) is 17.7 Å². The number of anilines is 1. The van der Waals surface area contributed by atoms with Crippen LogP contribution in [0.15, 0.2) is 84.0 Å². The molecular weight excluding hydrogens is 629 g/mol. The van der Waals surface area contributed by atoms with Crippen molar-refractivity contribution in [3.8, 4) is 11.4 Å². The molecule has 0 spiro atoms. The number of rotatable bonds is 7. The van der Waals surface area contributed by atoms with Crippen LogP contribution in [0.25, 0.3) is 5.69 Å². The lowest BCUT2D eigenvalue weighted by atomic mass is 9.90. The molecule has 3 aromatic carbocycles. The summed E-state index contributed by atoms with van der Waals surface area (Å²) in [5.41, 5.74) is 3.16. The minimum Gasteiger partial charge on any atom is -0.495 e. The van der Waals surface area contributed by atoms with Gasteiger partial charge in [-0.15, -0.1) is 0 Å². The molecule has 2 unspecified atom stereocenters. The highest BCUT2D eigenvalue weighted by atomic mass is 35.5. The highest BCUT2D eigenvalue weighted by Gasteiger charge is 2.43. The molecule has 0 radical (unpaired) electrons. The number of methoxy groups -OCH3 is 1. The lowest BCUT2D eigenvalue weighted by molar-refractivity contribution is 0.0718. The molecule has 12 heteroatoms. The Bertz CT molecular complexity index is 1850. The molecule has 3 aliphatic rings. The molecule has 3 fully saturated rings. The summed E-state index contributed by atoms with van der Waals surface area (Å²) in [6.07, 6.45) is 6.80. The number of carbonyl (C=O) groups excluding carboxylic acids is 1. The molecule has 1 amide bonds. The van der Waals surface area contributed by atoms with Crippen LogP contribution in [0.1, 0.15) is 47.5 Å². The minimum atomic E-state index is -3.75. The average Bonchev–Trinajstić information content (AvgIpc) is 3.70. The van der Waals surface area contributed by atoms with Gasteiger partial charge in [0.25, 0.3) is 5.91 Å². The summed E-state index contributed by atoms with van der Waals surface area (Å²) in [7, 11) is -2.17. The lowest BCUT2D eigenvalue weighted by Gasteiger charge is -2.43. The third-order valence-electron chi connectivity index (χ3n) is 9.56. The van der Waals surface area contributed by atoms with Crippen molar-refractivity contribution in [1.29, 1.82) is 0 Å². The summed E-state index contributed by atoms with van der Waals surface area (Å²) in [6, 6.07) is 19.0. The number of halogens is 2. The number of amides is 1. The van der Waals surface area contributed by atoms with Crippen LogP contribution in [0.4, 0.5) is 10.1 Å². The van der Waals surface area contributed by atoms with Gasteiger partial charge in [-0.05, 0) is 91.8 Å². The number of nitrogens with zero attached hydrogens (tertiary/aromatic N) is 5. The Morgan fingerprint density at radius 3 is 2.39 bits per heavy atom. The van der Waals surface area contributed by atoms with Crippen molar-refractivity contribution in [2.45, 2.75) is 48.6 Å². The topological polar surface area (TPSA) is 88.0 Å². The number of piperidine rings is 1. The molecule has 0 N–H and O–H groups in total. The van der Waals surface area contributed by atoms with E-state index in [0.29, 0.717) is 37.6 Å². The van der Waals surface area contributed by atoms with Gasteiger partial charge < -0.3 is 14.5 Å². The third-order valence-corrected chi connectivity index (χ3v) is 11.8. The fourth-order valence-corrected chi connectivity index (χ4v) is 8.99. The zero-order valence-corrected chi connectivity index (χ0v) is 27.0. The summed E-state index contributed by atoms with van der Waals surface area (Å²) in [6.45, 7) is 1.74. The van der Waals surface area contributed by atoms with E-state index in [4.69, 9.17) is 16.3 Å². The summed E-state index contributed by atoms with van der Waals surface area (Å²) < 4.78 is 50.7. The second-order valence-electron chi connectivity index (χ2n) is 12.2. The molecule has 0 aliphatic carbocycles. The molecule has 3 aliphatic heterocycles. The minimum absolute atomic E-state index is 0.0259. The van der Waals surface area contributed by atoms with Gasteiger partial charge in [-0.25, -0.2) is 17.5 Å². The number of sulfonamides is 1. The maximum absolute atomic E-state index is 14.0. The smallest absolute Gasteiger partial charge is 0.255 e. The molecule has 9 nitrogen and oxygen atoms in total. The van der Waals surface area contributed by atoms with Crippen LogP contribution in [-0.4, -0.2) is 78.7 Å². The number of aromatic nitrogens is 2. The maximum Gasteiger partial charge on any atom is 0.255 e. The van der Waals surface area contributed by atoms with Crippen molar-refractivity contribution in [1.82, 2.24) is 19.0 Å². The van der Waals surface area contributed by atoms with Gasteiger partial charge in [0, 0.05) is 50.7 Å². The number of benzene rings is 3. The molecule has 7 rings (SSSR count). The van der Waals surface area contributed by atoms with Gasteiger partial charge in [-0.1, -0.05) is 23.7 Å². The Kier molecular flexibility index (Phi) is 8.25. The monoisotopic (exact) mass is 663 g/mol. The van der Waals surface area contributed by atoms with Gasteiger partial charge >= 0.3 is 0 Å². The molecule has 4 heterocycles. The molecule has 4 aromatic rings. The SMILES string of the molecule is COc1ccc(S(=O)(=O)N2CCC(c3cccc(-n4cccn4)c3)CC2)cc1N1C2CCC1CN(C(=O)c1ccc(F)cc1Cl)C2. The van der Waals surface area contributed by atoms with Crippen molar-refractivity contribution >= 4 is 33.2 Å². The Morgan fingerprint density at radius 1 is 0.957 bits per heavy atom. The second kappa shape index (κ2) is 12.4. The van der Waals surface area contributed by atoms with Crippen molar-refractivity contribution in [2.75, 3.05) is 38.2 Å². The number of piperazine rings is 1. The van der Waals surface area contributed by atoms with Crippen molar-refractivity contribution in [3.63, 3.8) is 0 Å². The van der Waals surface area contributed by atoms with Crippen molar-refractivity contribution in [3.05, 3.63) is 101 Å². The largest absolute Gasteiger partial charge is 0.495 e. The first-order valence-corrected chi connectivity index (χ1v) is 17.4. The summed E-state index contributed by atoms with van der Waals surface area (Å²) in [5.74, 6) is 0.121. The molecule has 240 valence electrons. The number of fused-ring (bicyclic) bond motifs is 2. The Hall–Kier alpha value is -3.93. The number of likely N-dealkylation sites (tertiary alicyclic amines) is 1. The Labute approximate surface area is 273 Å². The van der Waals surface area contributed by atoms with Gasteiger partial charge in [-0.3, -0.25) is 4.79 Å². The number of hydrogen-bond acceptors (Lipinski definition) is 6. The third kappa shape index (κ3) is 5.65. The van der Waals surface area contributed by atoms with E-state index >= 15 is 0 Å². The van der Waals surface area contributed by atoms with E-state index in [-0.39, 0.29) is 39.4 Å². The first-order valence-electron chi connectivity index (χ1n) is 15.5. The van der Waals surface area contributed by atoms with Gasteiger partial charge in [0.05, 0.1) is 34.0 Å². The molecule has 2 atom stereocenters. The van der Waals surface area contributed by atoms with E-state index in [1.54, 1.807) is 40.7 Å². The number of ether oxygens (including phenoxy) is 1. The van der Waals surface area contributed by atoms with Crippen molar-refractivity contribution in [2.24, 2.45) is 0 Å². The van der Waals surface area contributed by atoms with E-state index in [2.05, 4.69) is 22.1 Å². The van der Waals surface area contributed by atoms with Crippen LogP contribution >= 0.6 is 11.6 Å². The van der Waals surface area contributed by atoms with Crippen LogP contribution in [-0.2, 0) is 10.0 Å². The van der Waals surface area contributed by atoms with Gasteiger partial charge in [0.2, 0.25) is 10.0 Å². The van der Waals surface area contributed by atoms with Crippen LogP contribution in [0.5, 0.6) is 5.75 Å².